The largest absolute Gasteiger partial charge is 0.371 e. The zero-order valence-electron chi connectivity index (χ0n) is 12.3. The fraction of sp³-hybridized carbons (Fsp3) is 0.933. The van der Waals surface area contributed by atoms with E-state index in [-0.39, 0.29) is 5.97 Å². The first-order chi connectivity index (χ1) is 8.81. The molecule has 0 saturated carbocycles. The van der Waals surface area contributed by atoms with Gasteiger partial charge >= 0.3 is 5.97 Å². The summed E-state index contributed by atoms with van der Waals surface area (Å²) >= 11 is 0. The topological polar surface area (TPSA) is 38.3 Å². The van der Waals surface area contributed by atoms with Crippen LogP contribution in [0, 0.1) is 0 Å². The Labute approximate surface area is 113 Å². The van der Waals surface area contributed by atoms with E-state index < -0.39 is 0 Å². The number of hydroxylamine groups is 1. The van der Waals surface area contributed by atoms with Crippen molar-refractivity contribution in [3.63, 3.8) is 0 Å². The summed E-state index contributed by atoms with van der Waals surface area (Å²) in [5.41, 5.74) is 2.76. The predicted octanol–water partition coefficient (Wildman–Crippen LogP) is 4.37. The number of unbranched alkanes of at least 4 members (excludes halogenated alkanes) is 8. The van der Waals surface area contributed by atoms with Gasteiger partial charge in [0.15, 0.2) is 0 Å². The maximum absolute atomic E-state index is 11.3. The molecule has 1 N–H and O–H groups in total. The molecule has 3 nitrogen and oxygen atoms in total. The van der Waals surface area contributed by atoms with Crippen LogP contribution < -0.4 is 5.48 Å². The summed E-state index contributed by atoms with van der Waals surface area (Å²) in [6.45, 7) is 5.18. The maximum atomic E-state index is 11.3. The van der Waals surface area contributed by atoms with Crippen molar-refractivity contribution < 1.29 is 9.63 Å². The first-order valence-corrected chi connectivity index (χ1v) is 7.73. The molecule has 0 aromatic carbocycles. The Kier molecular flexibility index (Phi) is 14.0. The average Bonchev–Trinajstić information content (AvgIpc) is 2.38. The fourth-order valence-electron chi connectivity index (χ4n) is 1.86. The maximum Gasteiger partial charge on any atom is 0.324 e. The molecule has 18 heavy (non-hydrogen) atoms. The minimum Gasteiger partial charge on any atom is -0.371 e. The third-order valence-electron chi connectivity index (χ3n) is 3.05. The second kappa shape index (κ2) is 14.5. The van der Waals surface area contributed by atoms with Crippen molar-refractivity contribution in [2.24, 2.45) is 0 Å². The number of nitrogens with one attached hydrogen (secondary N) is 1. The molecule has 108 valence electrons. The minimum absolute atomic E-state index is 0.110. The van der Waals surface area contributed by atoms with Crippen LogP contribution in [-0.4, -0.2) is 12.5 Å². The van der Waals surface area contributed by atoms with Crippen LogP contribution in [0.4, 0.5) is 0 Å². The lowest BCUT2D eigenvalue weighted by atomic mass is 10.1. The van der Waals surface area contributed by atoms with Crippen molar-refractivity contribution >= 4 is 5.97 Å². The van der Waals surface area contributed by atoms with Gasteiger partial charge in [0.2, 0.25) is 0 Å². The zero-order chi connectivity index (χ0) is 13.5. The van der Waals surface area contributed by atoms with Gasteiger partial charge < -0.3 is 4.84 Å². The van der Waals surface area contributed by atoms with Crippen LogP contribution in [0.25, 0.3) is 0 Å². The van der Waals surface area contributed by atoms with Crippen LogP contribution in [0.1, 0.15) is 84.5 Å². The highest BCUT2D eigenvalue weighted by molar-refractivity contribution is 5.68. The van der Waals surface area contributed by atoms with Gasteiger partial charge in [-0.15, -0.1) is 0 Å². The van der Waals surface area contributed by atoms with E-state index in [1.54, 1.807) is 0 Å². The summed E-state index contributed by atoms with van der Waals surface area (Å²) in [7, 11) is 0. The van der Waals surface area contributed by atoms with Gasteiger partial charge in [0.25, 0.3) is 0 Å². The Morgan fingerprint density at radius 3 is 2.06 bits per heavy atom. The molecule has 0 radical (unpaired) electrons. The Morgan fingerprint density at radius 1 is 0.833 bits per heavy atom. The van der Waals surface area contributed by atoms with Crippen molar-refractivity contribution in [1.29, 1.82) is 0 Å². The summed E-state index contributed by atoms with van der Waals surface area (Å²) in [4.78, 5) is 16.3. The lowest BCUT2D eigenvalue weighted by Gasteiger charge is -2.05. The zero-order valence-corrected chi connectivity index (χ0v) is 12.3. The molecule has 0 rings (SSSR count). The second-order valence-corrected chi connectivity index (χ2v) is 4.95. The van der Waals surface area contributed by atoms with E-state index in [0.29, 0.717) is 6.42 Å². The van der Waals surface area contributed by atoms with E-state index in [2.05, 4.69) is 19.3 Å². The Bertz CT molecular complexity index is 165. The van der Waals surface area contributed by atoms with E-state index >= 15 is 0 Å². The molecule has 0 aliphatic heterocycles. The Morgan fingerprint density at radius 2 is 1.39 bits per heavy atom. The molecule has 0 amide bonds. The highest BCUT2D eigenvalue weighted by Gasteiger charge is 2.02. The molecule has 0 aliphatic rings. The standard InChI is InChI=1S/C15H31NO2/c1-3-5-7-9-10-11-13-15(17)18-16-14-12-8-6-4-2/h16H,3-14H2,1-2H3. The molecule has 0 heterocycles. The van der Waals surface area contributed by atoms with Crippen LogP contribution in [-0.2, 0) is 9.63 Å². The van der Waals surface area contributed by atoms with Gasteiger partial charge in [-0.2, -0.15) is 5.48 Å². The molecule has 0 aromatic heterocycles. The van der Waals surface area contributed by atoms with Crippen LogP contribution >= 0.6 is 0 Å². The molecule has 0 fully saturated rings. The Balaban J connectivity index is 3.12. The van der Waals surface area contributed by atoms with Gasteiger partial charge in [0.1, 0.15) is 0 Å². The molecule has 0 bridgehead atoms. The van der Waals surface area contributed by atoms with E-state index in [0.717, 1.165) is 25.8 Å². The SMILES string of the molecule is CCCCCCCCC(=O)ONCCCCCC. The van der Waals surface area contributed by atoms with Crippen LogP contribution in [0.3, 0.4) is 0 Å². The average molecular weight is 257 g/mol. The molecule has 0 aliphatic carbocycles. The minimum atomic E-state index is -0.110. The highest BCUT2D eigenvalue weighted by Crippen LogP contribution is 2.07. The van der Waals surface area contributed by atoms with E-state index in [4.69, 9.17) is 4.84 Å². The Hall–Kier alpha value is -0.570. The summed E-state index contributed by atoms with van der Waals surface area (Å²) in [5.74, 6) is -0.110. The number of carbonyl (C=O) groups excluding carboxylic acids is 1. The van der Waals surface area contributed by atoms with Gasteiger partial charge in [-0.05, 0) is 12.8 Å². The molecule has 0 aromatic rings. The van der Waals surface area contributed by atoms with Crippen LogP contribution in [0.15, 0.2) is 0 Å². The van der Waals surface area contributed by atoms with E-state index in [9.17, 15) is 4.79 Å². The van der Waals surface area contributed by atoms with Crippen molar-refractivity contribution in [1.82, 2.24) is 5.48 Å². The molecular weight excluding hydrogens is 226 g/mol. The van der Waals surface area contributed by atoms with Crippen molar-refractivity contribution in [3.05, 3.63) is 0 Å². The summed E-state index contributed by atoms with van der Waals surface area (Å²) in [6, 6.07) is 0. The summed E-state index contributed by atoms with van der Waals surface area (Å²) < 4.78 is 0. The van der Waals surface area contributed by atoms with Crippen molar-refractivity contribution in [2.75, 3.05) is 6.54 Å². The van der Waals surface area contributed by atoms with Crippen LogP contribution in [0.2, 0.25) is 0 Å². The number of hydrogen-bond donors (Lipinski definition) is 1. The third kappa shape index (κ3) is 13.5. The highest BCUT2D eigenvalue weighted by atomic mass is 16.7. The number of hydrogen-bond acceptors (Lipinski definition) is 3. The number of rotatable bonds is 13. The van der Waals surface area contributed by atoms with Crippen molar-refractivity contribution in [2.45, 2.75) is 84.5 Å². The quantitative estimate of drug-likeness (QED) is 0.393. The molecule has 0 unspecified atom stereocenters. The molecule has 0 spiro atoms. The molecule has 0 atom stereocenters. The molecular formula is C15H31NO2. The third-order valence-corrected chi connectivity index (χ3v) is 3.05. The van der Waals surface area contributed by atoms with E-state index in [1.807, 2.05) is 0 Å². The van der Waals surface area contributed by atoms with Crippen LogP contribution in [0.5, 0.6) is 0 Å². The predicted molar refractivity (Wildman–Crippen MR) is 76.2 cm³/mol. The van der Waals surface area contributed by atoms with Gasteiger partial charge in [-0.3, -0.25) is 4.79 Å². The number of carbonyl (C=O) groups is 1. The molecule has 3 heteroatoms. The lowest BCUT2D eigenvalue weighted by Crippen LogP contribution is -2.20. The van der Waals surface area contributed by atoms with Gasteiger partial charge in [-0.1, -0.05) is 65.2 Å². The monoisotopic (exact) mass is 257 g/mol. The van der Waals surface area contributed by atoms with Crippen molar-refractivity contribution in [3.8, 4) is 0 Å². The first kappa shape index (κ1) is 17.4. The molecule has 0 saturated heterocycles. The lowest BCUT2D eigenvalue weighted by molar-refractivity contribution is -0.151. The van der Waals surface area contributed by atoms with Gasteiger partial charge in [-0.25, -0.2) is 0 Å². The first-order valence-electron chi connectivity index (χ1n) is 7.73. The normalized spacial score (nSPS) is 10.6. The summed E-state index contributed by atoms with van der Waals surface area (Å²) in [5, 5.41) is 0. The second-order valence-electron chi connectivity index (χ2n) is 4.95. The fourth-order valence-corrected chi connectivity index (χ4v) is 1.86. The van der Waals surface area contributed by atoms with Gasteiger partial charge in [0, 0.05) is 13.0 Å². The smallest absolute Gasteiger partial charge is 0.324 e. The summed E-state index contributed by atoms with van der Waals surface area (Å²) in [6.07, 6.45) is 12.5. The van der Waals surface area contributed by atoms with Gasteiger partial charge in [0.05, 0.1) is 0 Å². The van der Waals surface area contributed by atoms with E-state index in [1.165, 1.54) is 44.9 Å².